The summed E-state index contributed by atoms with van der Waals surface area (Å²) in [7, 11) is -3.66. The second kappa shape index (κ2) is 6.44. The van der Waals surface area contributed by atoms with E-state index in [4.69, 9.17) is 28.3 Å². The molecule has 0 aromatic heterocycles. The highest BCUT2D eigenvalue weighted by Crippen LogP contribution is 2.37. The van der Waals surface area contributed by atoms with E-state index in [1.54, 1.807) is 18.2 Å². The zero-order valence-corrected chi connectivity index (χ0v) is 15.8. The molecule has 3 nitrogen and oxygen atoms in total. The Bertz CT molecular complexity index is 870. The predicted molar refractivity (Wildman–Crippen MR) is 97.7 cm³/mol. The topological polar surface area (TPSA) is 60.2 Å². The Morgan fingerprint density at radius 1 is 0.870 bits per heavy atom. The van der Waals surface area contributed by atoms with E-state index in [1.807, 2.05) is 27.7 Å². The van der Waals surface area contributed by atoms with E-state index < -0.39 is 10.0 Å². The molecule has 23 heavy (non-hydrogen) atoms. The summed E-state index contributed by atoms with van der Waals surface area (Å²) in [4.78, 5) is 0. The molecule has 6 heteroatoms. The maximum Gasteiger partial charge on any atom is 0.213 e. The number of sulfonamides is 1. The first kappa shape index (κ1) is 18.3. The summed E-state index contributed by atoms with van der Waals surface area (Å²) in [5.74, 6) is -0.222. The molecule has 0 saturated heterocycles. The van der Waals surface area contributed by atoms with Crippen molar-refractivity contribution in [3.05, 3.63) is 56.1 Å². The molecular weight excluding hydrogens is 353 g/mol. The molecule has 0 aliphatic heterocycles. The van der Waals surface area contributed by atoms with Gasteiger partial charge in [-0.15, -0.1) is 0 Å². The highest BCUT2D eigenvalue weighted by molar-refractivity contribution is 7.88. The zero-order chi connectivity index (χ0) is 17.5. The van der Waals surface area contributed by atoms with E-state index in [0.29, 0.717) is 15.6 Å². The van der Waals surface area contributed by atoms with Crippen molar-refractivity contribution < 1.29 is 8.42 Å². The van der Waals surface area contributed by atoms with Gasteiger partial charge in [-0.25, -0.2) is 13.6 Å². The minimum atomic E-state index is -3.66. The van der Waals surface area contributed by atoms with Gasteiger partial charge in [-0.3, -0.25) is 0 Å². The number of hydrogen-bond acceptors (Lipinski definition) is 2. The molecule has 2 aromatic rings. The summed E-state index contributed by atoms with van der Waals surface area (Å²) in [6.07, 6.45) is 0. The highest BCUT2D eigenvalue weighted by atomic mass is 35.5. The summed E-state index contributed by atoms with van der Waals surface area (Å²) in [5, 5.41) is 6.31. The van der Waals surface area contributed by atoms with Gasteiger partial charge in [-0.05, 0) is 84.8 Å². The quantitative estimate of drug-likeness (QED) is 0.850. The Balaban J connectivity index is 2.90. The monoisotopic (exact) mass is 371 g/mol. The number of halogens is 2. The Kier molecular flexibility index (Phi) is 5.12. The van der Waals surface area contributed by atoms with Gasteiger partial charge in [0.15, 0.2) is 0 Å². The van der Waals surface area contributed by atoms with Gasteiger partial charge in [0.1, 0.15) is 0 Å². The molecule has 0 aliphatic rings. The number of primary sulfonamides is 1. The van der Waals surface area contributed by atoms with Gasteiger partial charge in [0.05, 0.1) is 5.75 Å². The third-order valence-electron chi connectivity index (χ3n) is 4.31. The molecule has 0 spiro atoms. The maximum absolute atomic E-state index is 11.7. The summed E-state index contributed by atoms with van der Waals surface area (Å²) in [5.41, 5.74) is 6.45. The van der Waals surface area contributed by atoms with Crippen molar-refractivity contribution in [1.29, 1.82) is 0 Å². The Morgan fingerprint density at radius 3 is 1.83 bits per heavy atom. The molecule has 0 radical (unpaired) electrons. The molecule has 124 valence electrons. The molecule has 2 rings (SSSR count). The second-order valence-corrected chi connectivity index (χ2v) is 8.31. The molecule has 0 heterocycles. The van der Waals surface area contributed by atoms with Crippen LogP contribution in [0.15, 0.2) is 18.2 Å². The fourth-order valence-electron chi connectivity index (χ4n) is 2.86. The van der Waals surface area contributed by atoms with E-state index in [-0.39, 0.29) is 5.75 Å². The first-order valence-electron chi connectivity index (χ1n) is 7.07. The number of rotatable bonds is 3. The first-order valence-corrected chi connectivity index (χ1v) is 9.54. The van der Waals surface area contributed by atoms with E-state index in [0.717, 1.165) is 33.4 Å². The molecule has 2 aromatic carbocycles. The standard InChI is InChI=1S/C17H19Cl2NO2S/c1-9-10(2)12(4)17(13-5-14(18)7-15(19)6-13)16(11(9)3)8-23(20,21)22/h5-7H,8H2,1-4H3,(H2,20,21,22). The van der Waals surface area contributed by atoms with Crippen LogP contribution in [-0.4, -0.2) is 8.42 Å². The van der Waals surface area contributed by atoms with Crippen LogP contribution in [0.5, 0.6) is 0 Å². The van der Waals surface area contributed by atoms with Gasteiger partial charge in [0, 0.05) is 10.0 Å². The van der Waals surface area contributed by atoms with Crippen LogP contribution in [0.2, 0.25) is 10.0 Å². The van der Waals surface area contributed by atoms with Crippen LogP contribution in [0.25, 0.3) is 11.1 Å². The number of hydrogen-bond donors (Lipinski definition) is 1. The van der Waals surface area contributed by atoms with Crippen LogP contribution in [0.1, 0.15) is 27.8 Å². The maximum atomic E-state index is 11.7. The van der Waals surface area contributed by atoms with Crippen molar-refractivity contribution in [3.8, 4) is 11.1 Å². The normalized spacial score (nSPS) is 11.8. The van der Waals surface area contributed by atoms with Crippen LogP contribution in [0.3, 0.4) is 0 Å². The van der Waals surface area contributed by atoms with E-state index >= 15 is 0 Å². The summed E-state index contributed by atoms with van der Waals surface area (Å²) >= 11 is 12.2. The van der Waals surface area contributed by atoms with E-state index in [1.165, 1.54) is 0 Å². The highest BCUT2D eigenvalue weighted by Gasteiger charge is 2.20. The lowest BCUT2D eigenvalue weighted by atomic mass is 9.86. The molecule has 0 unspecified atom stereocenters. The summed E-state index contributed by atoms with van der Waals surface area (Å²) in [6, 6.07) is 5.22. The third-order valence-corrected chi connectivity index (χ3v) is 5.44. The Labute approximate surface area is 147 Å². The fraction of sp³-hybridized carbons (Fsp3) is 0.294. The van der Waals surface area contributed by atoms with Crippen LogP contribution in [0, 0.1) is 27.7 Å². The molecule has 2 N–H and O–H groups in total. The minimum Gasteiger partial charge on any atom is -0.228 e. The zero-order valence-electron chi connectivity index (χ0n) is 13.5. The van der Waals surface area contributed by atoms with Crippen LogP contribution < -0.4 is 5.14 Å². The predicted octanol–water partition coefficient (Wildman–Crippen LogP) is 4.68. The molecule has 0 saturated carbocycles. The summed E-state index contributed by atoms with van der Waals surface area (Å²) in [6.45, 7) is 7.89. The van der Waals surface area contributed by atoms with Gasteiger partial charge in [0.2, 0.25) is 10.0 Å². The lowest BCUT2D eigenvalue weighted by Gasteiger charge is -2.21. The largest absolute Gasteiger partial charge is 0.228 e. The second-order valence-electron chi connectivity index (χ2n) is 5.82. The molecule has 0 fully saturated rings. The van der Waals surface area contributed by atoms with E-state index in [2.05, 4.69) is 0 Å². The lowest BCUT2D eigenvalue weighted by Crippen LogP contribution is -2.17. The van der Waals surface area contributed by atoms with Gasteiger partial charge in [-0.2, -0.15) is 0 Å². The average Bonchev–Trinajstić information content (AvgIpc) is 2.40. The third kappa shape index (κ3) is 3.89. The van der Waals surface area contributed by atoms with Gasteiger partial charge >= 0.3 is 0 Å². The smallest absolute Gasteiger partial charge is 0.213 e. The van der Waals surface area contributed by atoms with Gasteiger partial charge < -0.3 is 0 Å². The SMILES string of the molecule is Cc1c(C)c(C)c(-c2cc(Cl)cc(Cl)c2)c(CS(N)(=O)=O)c1C. The van der Waals surface area contributed by atoms with Crippen molar-refractivity contribution in [2.24, 2.45) is 5.14 Å². The molecule has 0 atom stereocenters. The number of nitrogens with two attached hydrogens (primary N) is 1. The van der Waals surface area contributed by atoms with Crippen LogP contribution in [0.4, 0.5) is 0 Å². The van der Waals surface area contributed by atoms with Crippen molar-refractivity contribution in [3.63, 3.8) is 0 Å². The van der Waals surface area contributed by atoms with Crippen LogP contribution >= 0.6 is 23.2 Å². The van der Waals surface area contributed by atoms with Crippen molar-refractivity contribution >= 4 is 33.2 Å². The van der Waals surface area contributed by atoms with Crippen LogP contribution in [-0.2, 0) is 15.8 Å². The Hall–Kier alpha value is -1.07. The van der Waals surface area contributed by atoms with Crippen molar-refractivity contribution in [2.45, 2.75) is 33.4 Å². The molecule has 0 bridgehead atoms. The summed E-state index contributed by atoms with van der Waals surface area (Å²) < 4.78 is 23.4. The number of benzene rings is 2. The first-order chi connectivity index (χ1) is 10.5. The molecular formula is C17H19Cl2NO2S. The Morgan fingerprint density at radius 2 is 1.35 bits per heavy atom. The fourth-order valence-corrected chi connectivity index (χ4v) is 4.15. The van der Waals surface area contributed by atoms with Crippen molar-refractivity contribution in [1.82, 2.24) is 0 Å². The average molecular weight is 372 g/mol. The van der Waals surface area contributed by atoms with E-state index in [9.17, 15) is 8.42 Å². The van der Waals surface area contributed by atoms with Crippen molar-refractivity contribution in [2.75, 3.05) is 0 Å². The van der Waals surface area contributed by atoms with Gasteiger partial charge in [0.25, 0.3) is 0 Å². The molecule has 0 aliphatic carbocycles. The molecule has 0 amide bonds. The lowest BCUT2D eigenvalue weighted by molar-refractivity contribution is 0.597. The minimum absolute atomic E-state index is 0.222. The van der Waals surface area contributed by atoms with Gasteiger partial charge in [-0.1, -0.05) is 23.2 Å².